The van der Waals surface area contributed by atoms with E-state index in [0.29, 0.717) is 65.8 Å². The number of carbonyl (C=O) groups excluding carboxylic acids is 1. The summed E-state index contributed by atoms with van der Waals surface area (Å²) in [4.78, 5) is 15.0. The zero-order chi connectivity index (χ0) is 32.0. The van der Waals surface area contributed by atoms with Crippen LogP contribution in [0, 0.1) is 11.6 Å². The van der Waals surface area contributed by atoms with E-state index in [1.807, 2.05) is 30.3 Å². The number of aromatic amines is 1. The van der Waals surface area contributed by atoms with E-state index < -0.39 is 22.4 Å². The standard InChI is InChI=1S/C35H35F2N3O4S2/c1-2-43-34(41)9-6-23-4-3-5-24(20-23)33-13-18-46(42)19-17-45-16-12-27-26-10-14-38-32(26)22-30(37)35(27)44-25-7-8-29(36)28(21-25)31-11-15-40(33)39-31/h3-5,7-8,10-11,14-15,20-22,33,38H,2,6,9,12-13,16-19H2,1H3. The van der Waals surface area contributed by atoms with Crippen LogP contribution in [0.2, 0.25) is 0 Å². The van der Waals surface area contributed by atoms with Gasteiger partial charge in [0.05, 0.1) is 18.3 Å². The average molecular weight is 664 g/mol. The van der Waals surface area contributed by atoms with Crippen LogP contribution in [0.5, 0.6) is 11.5 Å². The molecule has 2 atom stereocenters. The summed E-state index contributed by atoms with van der Waals surface area (Å²) >= 11 is 1.67. The Kier molecular flexibility index (Phi) is 10.2. The van der Waals surface area contributed by atoms with E-state index in [0.717, 1.165) is 22.1 Å². The third-order valence-corrected chi connectivity index (χ3v) is 10.7. The second-order valence-electron chi connectivity index (χ2n) is 11.1. The van der Waals surface area contributed by atoms with Gasteiger partial charge >= 0.3 is 5.97 Å². The molecule has 2 unspecified atom stereocenters. The third-order valence-electron chi connectivity index (χ3n) is 8.06. The summed E-state index contributed by atoms with van der Waals surface area (Å²) in [6, 6.07) is 17.1. The van der Waals surface area contributed by atoms with Crippen LogP contribution in [0.25, 0.3) is 22.2 Å². The fourth-order valence-corrected chi connectivity index (χ4v) is 8.24. The Balaban J connectivity index is 1.36. The van der Waals surface area contributed by atoms with Crippen LogP contribution in [0.1, 0.15) is 42.5 Å². The molecule has 11 heteroatoms. The molecule has 0 spiro atoms. The Morgan fingerprint density at radius 2 is 2.00 bits per heavy atom. The molecule has 2 aromatic heterocycles. The molecule has 1 aliphatic heterocycles. The van der Waals surface area contributed by atoms with Gasteiger partial charge in [0.2, 0.25) is 0 Å². The number of nitrogens with one attached hydrogen (secondary N) is 1. The Morgan fingerprint density at radius 1 is 1.11 bits per heavy atom. The van der Waals surface area contributed by atoms with E-state index in [1.54, 1.807) is 47.9 Å². The van der Waals surface area contributed by atoms with Crippen molar-refractivity contribution in [1.29, 1.82) is 0 Å². The Morgan fingerprint density at radius 3 is 2.87 bits per heavy atom. The van der Waals surface area contributed by atoms with E-state index in [2.05, 4.69) is 4.98 Å². The molecule has 5 aromatic rings. The Hall–Kier alpha value is -3.96. The first-order valence-corrected chi connectivity index (χ1v) is 18.0. The summed E-state index contributed by atoms with van der Waals surface area (Å²) in [6.45, 7) is 2.13. The number of thioether (sulfide) groups is 1. The molecule has 1 N–H and O–H groups in total. The second-order valence-corrected chi connectivity index (χ2v) is 14.0. The number of carbonyl (C=O) groups is 1. The Labute approximate surface area is 273 Å². The fraction of sp³-hybridized carbons (Fsp3) is 0.314. The van der Waals surface area contributed by atoms with Gasteiger partial charge in [0.15, 0.2) is 11.6 Å². The van der Waals surface area contributed by atoms with Crippen LogP contribution < -0.4 is 4.74 Å². The first kappa shape index (κ1) is 32.0. The lowest BCUT2D eigenvalue weighted by Crippen LogP contribution is -2.16. The van der Waals surface area contributed by atoms with Gasteiger partial charge in [-0.15, -0.1) is 0 Å². The molecular weight excluding hydrogens is 629 g/mol. The molecule has 0 aliphatic carbocycles. The molecule has 46 heavy (non-hydrogen) atoms. The van der Waals surface area contributed by atoms with Gasteiger partial charge in [0, 0.05) is 75.0 Å². The van der Waals surface area contributed by atoms with Crippen molar-refractivity contribution >= 4 is 39.4 Å². The number of rotatable bonds is 5. The highest BCUT2D eigenvalue weighted by atomic mass is 32.2. The van der Waals surface area contributed by atoms with Crippen LogP contribution in [0.4, 0.5) is 8.78 Å². The van der Waals surface area contributed by atoms with Crippen molar-refractivity contribution in [2.75, 3.05) is 29.6 Å². The van der Waals surface area contributed by atoms with Crippen LogP contribution in [0.15, 0.2) is 73.1 Å². The van der Waals surface area contributed by atoms with Crippen molar-refractivity contribution in [2.24, 2.45) is 0 Å². The molecule has 240 valence electrons. The molecule has 6 rings (SSSR count). The number of ether oxygens (including phenoxy) is 2. The molecule has 7 nitrogen and oxygen atoms in total. The molecule has 1 aliphatic rings. The molecule has 3 heterocycles. The maximum atomic E-state index is 15.4. The van der Waals surface area contributed by atoms with Crippen molar-refractivity contribution in [3.05, 3.63) is 101 Å². The van der Waals surface area contributed by atoms with Gasteiger partial charge in [-0.3, -0.25) is 13.7 Å². The lowest BCUT2D eigenvalue weighted by molar-refractivity contribution is -0.143. The highest BCUT2D eigenvalue weighted by molar-refractivity contribution is 8.00. The zero-order valence-electron chi connectivity index (χ0n) is 25.5. The highest BCUT2D eigenvalue weighted by Crippen LogP contribution is 2.37. The van der Waals surface area contributed by atoms with Crippen LogP contribution in [-0.2, 0) is 33.2 Å². The maximum absolute atomic E-state index is 15.4. The minimum atomic E-state index is -1.07. The number of H-pyrrole nitrogens is 1. The van der Waals surface area contributed by atoms with Gasteiger partial charge in [-0.2, -0.15) is 16.9 Å². The molecule has 0 radical (unpaired) electrons. The summed E-state index contributed by atoms with van der Waals surface area (Å²) in [7, 11) is -1.07. The number of esters is 1. The smallest absolute Gasteiger partial charge is 0.306 e. The summed E-state index contributed by atoms with van der Waals surface area (Å²) in [5, 5.41) is 5.65. The molecule has 4 bridgehead atoms. The topological polar surface area (TPSA) is 86.2 Å². The van der Waals surface area contributed by atoms with Gasteiger partial charge < -0.3 is 14.5 Å². The monoisotopic (exact) mass is 663 g/mol. The number of benzene rings is 3. The quantitative estimate of drug-likeness (QED) is 0.195. The maximum Gasteiger partial charge on any atom is 0.306 e. The number of hydrogen-bond acceptors (Lipinski definition) is 6. The van der Waals surface area contributed by atoms with Crippen LogP contribution in [-0.4, -0.2) is 54.6 Å². The molecule has 0 fully saturated rings. The van der Waals surface area contributed by atoms with Crippen molar-refractivity contribution in [3.8, 4) is 22.8 Å². The number of aryl methyl sites for hydroxylation is 2. The Bertz CT molecular complexity index is 1870. The third kappa shape index (κ3) is 7.36. The highest BCUT2D eigenvalue weighted by Gasteiger charge is 2.21. The van der Waals surface area contributed by atoms with E-state index in [9.17, 15) is 9.00 Å². The normalized spacial score (nSPS) is 17.5. The predicted molar refractivity (Wildman–Crippen MR) is 179 cm³/mol. The zero-order valence-corrected chi connectivity index (χ0v) is 27.1. The minimum Gasteiger partial charge on any atom is -0.466 e. The van der Waals surface area contributed by atoms with Crippen molar-refractivity contribution < 1.29 is 27.3 Å². The van der Waals surface area contributed by atoms with Crippen molar-refractivity contribution in [1.82, 2.24) is 14.8 Å². The average Bonchev–Trinajstić information content (AvgIpc) is 3.72. The van der Waals surface area contributed by atoms with Gasteiger partial charge in [-0.1, -0.05) is 24.3 Å². The molecule has 0 amide bonds. The summed E-state index contributed by atoms with van der Waals surface area (Å²) < 4.78 is 56.9. The number of halogens is 2. The number of hydrogen-bond donors (Lipinski definition) is 1. The SMILES string of the molecule is CCOC(=O)CCc1cccc(C2CCS(=O)CCSCCc3c(c(F)cc4[nH]ccc34)Oc3ccc(F)c(c3)-c3ccn2n3)c1. The first-order chi connectivity index (χ1) is 22.4. The van der Waals surface area contributed by atoms with Gasteiger partial charge in [0.25, 0.3) is 0 Å². The fourth-order valence-electron chi connectivity index (χ4n) is 5.78. The first-order valence-electron chi connectivity index (χ1n) is 15.4. The summed E-state index contributed by atoms with van der Waals surface area (Å²) in [5.41, 5.74) is 3.97. The van der Waals surface area contributed by atoms with Crippen LogP contribution >= 0.6 is 11.8 Å². The summed E-state index contributed by atoms with van der Waals surface area (Å²) in [6.07, 6.45) is 5.48. The summed E-state index contributed by atoms with van der Waals surface area (Å²) in [5.74, 6) is 1.58. The van der Waals surface area contributed by atoms with E-state index in [-0.39, 0.29) is 29.7 Å². The molecule has 3 aromatic carbocycles. The van der Waals surface area contributed by atoms with Gasteiger partial charge in [0.1, 0.15) is 11.6 Å². The van der Waals surface area contributed by atoms with Gasteiger partial charge in [-0.25, -0.2) is 8.78 Å². The van der Waals surface area contributed by atoms with E-state index in [4.69, 9.17) is 14.6 Å². The molecule has 0 saturated heterocycles. The van der Waals surface area contributed by atoms with Crippen LogP contribution in [0.3, 0.4) is 0 Å². The van der Waals surface area contributed by atoms with Gasteiger partial charge in [-0.05, 0) is 73.4 Å². The second kappa shape index (κ2) is 14.6. The minimum absolute atomic E-state index is 0.114. The molecule has 0 saturated carbocycles. The lowest BCUT2D eigenvalue weighted by atomic mass is 10.00. The largest absolute Gasteiger partial charge is 0.466 e. The molecular formula is C35H35F2N3O4S2. The lowest BCUT2D eigenvalue weighted by Gasteiger charge is -2.19. The number of nitrogens with zero attached hydrogens (tertiary/aromatic N) is 2. The van der Waals surface area contributed by atoms with E-state index in [1.165, 1.54) is 18.2 Å². The van der Waals surface area contributed by atoms with Crippen molar-refractivity contribution in [3.63, 3.8) is 0 Å². The number of aromatic nitrogens is 3. The number of fused-ring (bicyclic) bond motifs is 8. The van der Waals surface area contributed by atoms with Crippen molar-refractivity contribution in [2.45, 2.75) is 38.6 Å². The predicted octanol–water partition coefficient (Wildman–Crippen LogP) is 7.62. The van der Waals surface area contributed by atoms with E-state index >= 15 is 8.78 Å².